The monoisotopic (exact) mass is 236 g/mol. The summed E-state index contributed by atoms with van der Waals surface area (Å²) in [6.45, 7) is 0. The molecule has 0 aliphatic heterocycles. The molecule has 4 N–H and O–H groups in total. The van der Waals surface area contributed by atoms with E-state index in [0.29, 0.717) is 10.7 Å². The van der Waals surface area contributed by atoms with E-state index in [1.807, 2.05) is 0 Å². The lowest BCUT2D eigenvalue weighted by Crippen LogP contribution is -2.13. The Balaban J connectivity index is 2.49. The molecule has 1 aromatic carbocycles. The number of nitrogen functional groups attached to an aromatic ring is 1. The molecule has 1 amide bonds. The van der Waals surface area contributed by atoms with Gasteiger partial charge in [0, 0.05) is 5.02 Å². The number of anilines is 1. The van der Waals surface area contributed by atoms with Gasteiger partial charge in [-0.3, -0.25) is 4.79 Å². The Bertz CT molecular complexity index is 550. The first kappa shape index (κ1) is 10.5. The van der Waals surface area contributed by atoms with Crippen LogP contribution in [0.15, 0.2) is 30.5 Å². The second kappa shape index (κ2) is 3.86. The first-order chi connectivity index (χ1) is 7.58. The highest BCUT2D eigenvalue weighted by molar-refractivity contribution is 6.30. The van der Waals surface area contributed by atoms with E-state index >= 15 is 0 Å². The maximum Gasteiger partial charge on any atom is 0.271 e. The Morgan fingerprint density at radius 2 is 2.19 bits per heavy atom. The largest absolute Gasteiger partial charge is 0.396 e. The summed E-state index contributed by atoms with van der Waals surface area (Å²) in [6, 6.07) is 7.02. The predicted octanol–water partition coefficient (Wildman–Crippen LogP) is 1.21. The molecule has 1 aromatic heterocycles. The number of halogens is 1. The zero-order valence-corrected chi connectivity index (χ0v) is 8.98. The van der Waals surface area contributed by atoms with Gasteiger partial charge < -0.3 is 11.5 Å². The number of primary amides is 1. The average Bonchev–Trinajstić information content (AvgIpc) is 2.60. The standard InChI is InChI=1S/C10H9ClN4O/c11-6-2-1-3-7(4-6)15-5-8(12)9(14-15)10(13)16/h1-5H,12H2,(H2,13,16). The van der Waals surface area contributed by atoms with Crippen LogP contribution in [0.25, 0.3) is 5.69 Å². The van der Waals surface area contributed by atoms with Crippen LogP contribution in [0.1, 0.15) is 10.5 Å². The molecule has 5 nitrogen and oxygen atoms in total. The van der Waals surface area contributed by atoms with Gasteiger partial charge in [-0.1, -0.05) is 17.7 Å². The lowest BCUT2D eigenvalue weighted by atomic mass is 10.3. The number of hydrogen-bond donors (Lipinski definition) is 2. The Kier molecular flexibility index (Phi) is 2.54. The molecular formula is C10H9ClN4O. The smallest absolute Gasteiger partial charge is 0.271 e. The number of aromatic nitrogens is 2. The van der Waals surface area contributed by atoms with Crippen molar-refractivity contribution in [1.29, 1.82) is 0 Å². The summed E-state index contributed by atoms with van der Waals surface area (Å²) in [5, 5.41) is 4.56. The second-order valence-electron chi connectivity index (χ2n) is 3.22. The SMILES string of the molecule is NC(=O)c1nn(-c2cccc(Cl)c2)cc1N. The van der Waals surface area contributed by atoms with Gasteiger partial charge in [0.1, 0.15) is 0 Å². The van der Waals surface area contributed by atoms with Crippen LogP contribution in [-0.4, -0.2) is 15.7 Å². The van der Waals surface area contributed by atoms with Gasteiger partial charge in [0.05, 0.1) is 17.6 Å². The third-order valence-corrected chi connectivity index (χ3v) is 2.28. The van der Waals surface area contributed by atoms with Gasteiger partial charge >= 0.3 is 0 Å². The van der Waals surface area contributed by atoms with Crippen molar-refractivity contribution >= 4 is 23.2 Å². The van der Waals surface area contributed by atoms with Gasteiger partial charge in [-0.15, -0.1) is 0 Å². The summed E-state index contributed by atoms with van der Waals surface area (Å²) in [7, 11) is 0. The number of carbonyl (C=O) groups excluding carboxylic acids is 1. The fourth-order valence-corrected chi connectivity index (χ4v) is 1.51. The minimum Gasteiger partial charge on any atom is -0.396 e. The van der Waals surface area contributed by atoms with Gasteiger partial charge in [0.2, 0.25) is 0 Å². The van der Waals surface area contributed by atoms with Gasteiger partial charge in [-0.05, 0) is 18.2 Å². The number of nitrogens with two attached hydrogens (primary N) is 2. The first-order valence-corrected chi connectivity index (χ1v) is 4.86. The van der Waals surface area contributed by atoms with Crippen LogP contribution in [-0.2, 0) is 0 Å². The maximum atomic E-state index is 11.0. The molecule has 0 radical (unpaired) electrons. The summed E-state index contributed by atoms with van der Waals surface area (Å²) in [6.07, 6.45) is 1.52. The molecule has 0 aliphatic rings. The fraction of sp³-hybridized carbons (Fsp3) is 0. The number of benzene rings is 1. The lowest BCUT2D eigenvalue weighted by molar-refractivity contribution is 0.0996. The molecule has 0 unspecified atom stereocenters. The van der Waals surface area contributed by atoms with E-state index in [0.717, 1.165) is 0 Å². The molecule has 0 atom stereocenters. The first-order valence-electron chi connectivity index (χ1n) is 4.49. The molecule has 2 rings (SSSR count). The average molecular weight is 237 g/mol. The molecule has 0 bridgehead atoms. The van der Waals surface area contributed by atoms with Crippen LogP contribution in [0.4, 0.5) is 5.69 Å². The molecule has 6 heteroatoms. The lowest BCUT2D eigenvalue weighted by Gasteiger charge is -2.00. The number of rotatable bonds is 2. The summed E-state index contributed by atoms with van der Waals surface area (Å²) >= 11 is 5.84. The fourth-order valence-electron chi connectivity index (χ4n) is 1.33. The third kappa shape index (κ3) is 1.85. The van der Waals surface area contributed by atoms with E-state index in [1.165, 1.54) is 10.9 Å². The molecule has 0 saturated carbocycles. The van der Waals surface area contributed by atoms with E-state index in [2.05, 4.69) is 5.10 Å². The van der Waals surface area contributed by atoms with Crippen molar-refractivity contribution in [1.82, 2.24) is 9.78 Å². The van der Waals surface area contributed by atoms with Crippen molar-refractivity contribution in [2.24, 2.45) is 5.73 Å². The molecule has 2 aromatic rings. The predicted molar refractivity (Wildman–Crippen MR) is 61.5 cm³/mol. The second-order valence-corrected chi connectivity index (χ2v) is 3.66. The Hall–Kier alpha value is -2.01. The molecule has 82 valence electrons. The highest BCUT2D eigenvalue weighted by Gasteiger charge is 2.11. The third-order valence-electron chi connectivity index (χ3n) is 2.05. The van der Waals surface area contributed by atoms with Crippen LogP contribution in [0.3, 0.4) is 0 Å². The van der Waals surface area contributed by atoms with Gasteiger partial charge in [-0.25, -0.2) is 4.68 Å². The summed E-state index contributed by atoms with van der Waals surface area (Å²) in [5.41, 5.74) is 11.7. The zero-order chi connectivity index (χ0) is 11.7. The molecule has 0 fully saturated rings. The van der Waals surface area contributed by atoms with Crippen LogP contribution in [0.5, 0.6) is 0 Å². The molecule has 1 heterocycles. The Morgan fingerprint density at radius 1 is 1.44 bits per heavy atom. The van der Waals surface area contributed by atoms with Gasteiger partial charge in [0.25, 0.3) is 5.91 Å². The molecule has 0 aliphatic carbocycles. The summed E-state index contributed by atoms with van der Waals surface area (Å²) in [4.78, 5) is 11.0. The van der Waals surface area contributed by atoms with E-state index < -0.39 is 5.91 Å². The number of hydrogen-bond acceptors (Lipinski definition) is 3. The van der Waals surface area contributed by atoms with E-state index in [-0.39, 0.29) is 11.4 Å². The van der Waals surface area contributed by atoms with Gasteiger partial charge in [0.15, 0.2) is 5.69 Å². The molecule has 0 spiro atoms. The Labute approximate surface area is 96.6 Å². The van der Waals surface area contributed by atoms with Crippen molar-refractivity contribution in [2.75, 3.05) is 5.73 Å². The maximum absolute atomic E-state index is 11.0. The minimum absolute atomic E-state index is 0.0555. The van der Waals surface area contributed by atoms with Crippen LogP contribution < -0.4 is 11.5 Å². The van der Waals surface area contributed by atoms with Crippen molar-refractivity contribution in [3.63, 3.8) is 0 Å². The Morgan fingerprint density at radius 3 is 2.75 bits per heavy atom. The van der Waals surface area contributed by atoms with Crippen molar-refractivity contribution in [2.45, 2.75) is 0 Å². The van der Waals surface area contributed by atoms with Crippen molar-refractivity contribution < 1.29 is 4.79 Å². The molecule has 16 heavy (non-hydrogen) atoms. The molecule has 0 saturated heterocycles. The minimum atomic E-state index is -0.654. The summed E-state index contributed by atoms with van der Waals surface area (Å²) < 4.78 is 1.46. The topological polar surface area (TPSA) is 86.9 Å². The quantitative estimate of drug-likeness (QED) is 0.822. The van der Waals surface area contributed by atoms with E-state index in [4.69, 9.17) is 23.1 Å². The molecular weight excluding hydrogens is 228 g/mol. The summed E-state index contributed by atoms with van der Waals surface area (Å²) in [5.74, 6) is -0.654. The number of nitrogens with zero attached hydrogens (tertiary/aromatic N) is 2. The van der Waals surface area contributed by atoms with Gasteiger partial charge in [-0.2, -0.15) is 5.10 Å². The van der Waals surface area contributed by atoms with E-state index in [9.17, 15) is 4.79 Å². The highest BCUT2D eigenvalue weighted by atomic mass is 35.5. The van der Waals surface area contributed by atoms with Crippen LogP contribution >= 0.6 is 11.6 Å². The van der Waals surface area contributed by atoms with Crippen molar-refractivity contribution in [3.8, 4) is 5.69 Å². The number of amides is 1. The highest BCUT2D eigenvalue weighted by Crippen LogP contribution is 2.17. The van der Waals surface area contributed by atoms with Crippen LogP contribution in [0, 0.1) is 0 Å². The van der Waals surface area contributed by atoms with E-state index in [1.54, 1.807) is 24.3 Å². The number of carbonyl (C=O) groups is 1. The normalized spacial score (nSPS) is 10.3. The zero-order valence-electron chi connectivity index (χ0n) is 8.22. The van der Waals surface area contributed by atoms with Crippen molar-refractivity contribution in [3.05, 3.63) is 41.2 Å². The van der Waals surface area contributed by atoms with Crippen LogP contribution in [0.2, 0.25) is 5.02 Å².